The molecule has 28 heavy (non-hydrogen) atoms. The minimum Gasteiger partial charge on any atom is -0.297 e. The summed E-state index contributed by atoms with van der Waals surface area (Å²) in [7, 11) is 0. The van der Waals surface area contributed by atoms with Crippen molar-refractivity contribution in [2.75, 3.05) is 0 Å². The molecule has 2 nitrogen and oxygen atoms in total. The Morgan fingerprint density at radius 3 is 2.25 bits per heavy atom. The van der Waals surface area contributed by atoms with Gasteiger partial charge in [-0.3, -0.25) is 9.59 Å². The topological polar surface area (TPSA) is 34.1 Å². The monoisotopic (exact) mass is 412 g/mol. The van der Waals surface area contributed by atoms with Crippen LogP contribution in [0.4, 0.5) is 0 Å². The zero-order valence-corrected chi connectivity index (χ0v) is 18.2. The van der Waals surface area contributed by atoms with Crippen molar-refractivity contribution in [1.82, 2.24) is 0 Å². The van der Waals surface area contributed by atoms with E-state index in [0.29, 0.717) is 5.02 Å². The third-order valence-electron chi connectivity index (χ3n) is 6.36. The summed E-state index contributed by atoms with van der Waals surface area (Å²) < 4.78 is -0.482. The van der Waals surface area contributed by atoms with E-state index in [4.69, 9.17) is 11.6 Å². The Hall–Kier alpha value is -1.58. The van der Waals surface area contributed by atoms with Gasteiger partial charge in [0.1, 0.15) is 5.92 Å². The van der Waals surface area contributed by atoms with Gasteiger partial charge in [-0.1, -0.05) is 60.8 Å². The van der Waals surface area contributed by atoms with E-state index in [1.54, 1.807) is 0 Å². The van der Waals surface area contributed by atoms with Crippen molar-refractivity contribution in [3.05, 3.63) is 57.6 Å². The van der Waals surface area contributed by atoms with Gasteiger partial charge in [0.25, 0.3) is 0 Å². The first-order chi connectivity index (χ1) is 13.3. The second-order valence-electron chi connectivity index (χ2n) is 8.20. The summed E-state index contributed by atoms with van der Waals surface area (Å²) in [6.45, 7) is 6.16. The van der Waals surface area contributed by atoms with Crippen LogP contribution in [-0.4, -0.2) is 15.6 Å². The van der Waals surface area contributed by atoms with Crippen LogP contribution >= 0.6 is 23.4 Å². The van der Waals surface area contributed by atoms with E-state index in [2.05, 4.69) is 19.9 Å². The van der Waals surface area contributed by atoms with Gasteiger partial charge in [0, 0.05) is 5.02 Å². The van der Waals surface area contributed by atoms with Crippen molar-refractivity contribution in [1.29, 1.82) is 0 Å². The fourth-order valence-electron chi connectivity index (χ4n) is 5.10. The minimum absolute atomic E-state index is 0.0315. The first kappa shape index (κ1) is 19.7. The molecule has 2 aromatic rings. The SMILES string of the molecule is Cc1cc(C)c(C2C(=O)SC3(CCCCC3)C2=O)c(C)c1-c1ccc(Cl)cc1. The largest absolute Gasteiger partial charge is 0.297 e. The van der Waals surface area contributed by atoms with Gasteiger partial charge in [-0.15, -0.1) is 0 Å². The number of rotatable bonds is 2. The standard InChI is InChI=1S/C24H25ClO2S/c1-14-13-15(2)20(16(3)19(14)17-7-9-18(25)10-8-17)21-22(26)24(28-23(21)27)11-5-4-6-12-24/h7-10,13,21H,4-6,11-12H2,1-3H3. The van der Waals surface area contributed by atoms with Gasteiger partial charge in [0.2, 0.25) is 5.12 Å². The number of carbonyl (C=O) groups excluding carboxylic acids is 2. The molecule has 2 aliphatic rings. The number of hydrogen-bond acceptors (Lipinski definition) is 3. The van der Waals surface area contributed by atoms with Gasteiger partial charge < -0.3 is 0 Å². The van der Waals surface area contributed by atoms with Crippen LogP contribution in [0.5, 0.6) is 0 Å². The molecule has 1 unspecified atom stereocenters. The van der Waals surface area contributed by atoms with Crippen LogP contribution in [-0.2, 0) is 9.59 Å². The number of benzene rings is 2. The van der Waals surface area contributed by atoms with E-state index in [-0.39, 0.29) is 10.9 Å². The smallest absolute Gasteiger partial charge is 0.204 e. The Balaban J connectivity index is 1.84. The van der Waals surface area contributed by atoms with Gasteiger partial charge in [-0.25, -0.2) is 0 Å². The first-order valence-electron chi connectivity index (χ1n) is 9.98. The lowest BCUT2D eigenvalue weighted by molar-refractivity contribution is -0.125. The van der Waals surface area contributed by atoms with E-state index in [0.717, 1.165) is 65.5 Å². The quantitative estimate of drug-likeness (QED) is 0.523. The molecule has 1 saturated carbocycles. The minimum atomic E-state index is -0.630. The molecule has 0 radical (unpaired) electrons. The second-order valence-corrected chi connectivity index (χ2v) is 10.0. The Morgan fingerprint density at radius 1 is 0.964 bits per heavy atom. The van der Waals surface area contributed by atoms with Crippen LogP contribution in [0.1, 0.15) is 60.3 Å². The Labute approximate surface area is 176 Å². The summed E-state index contributed by atoms with van der Waals surface area (Å²) in [4.78, 5) is 26.6. The van der Waals surface area contributed by atoms with Crippen molar-refractivity contribution in [2.24, 2.45) is 0 Å². The molecule has 4 rings (SSSR count). The highest BCUT2D eigenvalue weighted by atomic mass is 35.5. The third kappa shape index (κ3) is 3.13. The average Bonchev–Trinajstić information content (AvgIpc) is 2.88. The van der Waals surface area contributed by atoms with E-state index < -0.39 is 10.7 Å². The molecule has 1 heterocycles. The Kier molecular flexibility index (Phi) is 5.18. The second kappa shape index (κ2) is 7.35. The molecule has 0 aromatic heterocycles. The normalized spacial score (nSPS) is 21.5. The van der Waals surface area contributed by atoms with Crippen molar-refractivity contribution >= 4 is 34.3 Å². The van der Waals surface area contributed by atoms with Gasteiger partial charge in [0.05, 0.1) is 4.75 Å². The maximum absolute atomic E-state index is 13.5. The number of halogens is 1. The van der Waals surface area contributed by atoms with Crippen molar-refractivity contribution in [3.63, 3.8) is 0 Å². The maximum atomic E-state index is 13.5. The van der Waals surface area contributed by atoms with E-state index in [9.17, 15) is 9.59 Å². The molecule has 1 atom stereocenters. The van der Waals surface area contributed by atoms with Crippen LogP contribution in [0.2, 0.25) is 5.02 Å². The van der Waals surface area contributed by atoms with Crippen LogP contribution < -0.4 is 0 Å². The zero-order chi connectivity index (χ0) is 20.1. The third-order valence-corrected chi connectivity index (χ3v) is 8.05. The average molecular weight is 413 g/mol. The van der Waals surface area contributed by atoms with Crippen LogP contribution in [0.3, 0.4) is 0 Å². The summed E-state index contributed by atoms with van der Waals surface area (Å²) in [5.41, 5.74) is 6.32. The molecule has 0 amide bonds. The number of thioether (sulfide) groups is 1. The molecular formula is C24H25ClO2S. The van der Waals surface area contributed by atoms with E-state index in [1.165, 1.54) is 11.8 Å². The molecule has 1 saturated heterocycles. The van der Waals surface area contributed by atoms with Gasteiger partial charge in [-0.2, -0.15) is 0 Å². The van der Waals surface area contributed by atoms with E-state index >= 15 is 0 Å². The molecule has 146 valence electrons. The molecule has 0 bridgehead atoms. The van der Waals surface area contributed by atoms with Crippen molar-refractivity contribution < 1.29 is 9.59 Å². The maximum Gasteiger partial charge on any atom is 0.204 e. The van der Waals surface area contributed by atoms with Crippen LogP contribution in [0, 0.1) is 20.8 Å². The highest BCUT2D eigenvalue weighted by molar-refractivity contribution is 8.16. The van der Waals surface area contributed by atoms with Crippen molar-refractivity contribution in [2.45, 2.75) is 63.5 Å². The highest BCUT2D eigenvalue weighted by Crippen LogP contribution is 2.53. The summed E-state index contributed by atoms with van der Waals surface area (Å²) >= 11 is 7.39. The highest BCUT2D eigenvalue weighted by Gasteiger charge is 2.54. The molecule has 2 fully saturated rings. The van der Waals surface area contributed by atoms with Gasteiger partial charge in [-0.05, 0) is 79.1 Å². The summed E-state index contributed by atoms with van der Waals surface area (Å²) in [6, 6.07) is 9.89. The van der Waals surface area contributed by atoms with Crippen LogP contribution in [0.25, 0.3) is 11.1 Å². The number of ketones is 1. The predicted octanol–water partition coefficient (Wildman–Crippen LogP) is 6.56. The lowest BCUT2D eigenvalue weighted by atomic mass is 9.76. The molecule has 2 aromatic carbocycles. The lowest BCUT2D eigenvalue weighted by Crippen LogP contribution is -2.35. The Morgan fingerprint density at radius 2 is 1.61 bits per heavy atom. The number of Topliss-reactive ketones (excluding diaryl/α,β-unsaturated/α-hetero) is 1. The summed E-state index contributed by atoms with van der Waals surface area (Å²) in [6.07, 6.45) is 4.93. The summed E-state index contributed by atoms with van der Waals surface area (Å²) in [5, 5.41) is 0.729. The van der Waals surface area contributed by atoms with Gasteiger partial charge >= 0.3 is 0 Å². The molecule has 1 aliphatic carbocycles. The van der Waals surface area contributed by atoms with Gasteiger partial charge in [0.15, 0.2) is 5.78 Å². The fourth-order valence-corrected chi connectivity index (χ4v) is 6.66. The summed E-state index contributed by atoms with van der Waals surface area (Å²) in [5.74, 6) is -0.492. The number of hydrogen-bond donors (Lipinski definition) is 0. The van der Waals surface area contributed by atoms with E-state index in [1.807, 2.05) is 31.2 Å². The lowest BCUT2D eigenvalue weighted by Gasteiger charge is -2.30. The van der Waals surface area contributed by atoms with Crippen molar-refractivity contribution in [3.8, 4) is 11.1 Å². The number of aryl methyl sites for hydroxylation is 2. The molecular weight excluding hydrogens is 388 g/mol. The fraction of sp³-hybridized carbons (Fsp3) is 0.417. The Bertz CT molecular complexity index is 956. The molecule has 1 spiro atoms. The molecule has 4 heteroatoms. The number of carbonyl (C=O) groups is 2. The molecule has 1 aliphatic heterocycles. The zero-order valence-electron chi connectivity index (χ0n) is 16.6. The molecule has 0 N–H and O–H groups in total. The van der Waals surface area contributed by atoms with Crippen LogP contribution in [0.15, 0.2) is 30.3 Å². The predicted molar refractivity (Wildman–Crippen MR) is 117 cm³/mol. The first-order valence-corrected chi connectivity index (χ1v) is 11.2.